The molecular formula is C12H15F4NO. The number of hydrogen-bond donors (Lipinski definition) is 1. The lowest BCUT2D eigenvalue weighted by Gasteiger charge is -2.11. The van der Waals surface area contributed by atoms with Crippen LogP contribution in [0.2, 0.25) is 0 Å². The zero-order valence-corrected chi connectivity index (χ0v) is 9.98. The van der Waals surface area contributed by atoms with Crippen LogP contribution in [0.1, 0.15) is 18.4 Å². The van der Waals surface area contributed by atoms with Crippen molar-refractivity contribution in [1.82, 2.24) is 0 Å². The van der Waals surface area contributed by atoms with Gasteiger partial charge in [-0.3, -0.25) is 0 Å². The minimum atomic E-state index is -4.46. The van der Waals surface area contributed by atoms with E-state index in [4.69, 9.17) is 4.74 Å². The maximum Gasteiger partial charge on any atom is 0.416 e. The SMILES string of the molecule is COCCCCNc1cc(C(F)(F)F)ccc1F. The van der Waals surface area contributed by atoms with Crippen LogP contribution in [-0.2, 0) is 10.9 Å². The molecule has 0 heterocycles. The largest absolute Gasteiger partial charge is 0.416 e. The first-order valence-electron chi connectivity index (χ1n) is 5.54. The Labute approximate surface area is 103 Å². The monoisotopic (exact) mass is 265 g/mol. The standard InChI is InChI=1S/C12H15F4NO/c1-18-7-3-2-6-17-11-8-9(12(14,15)16)4-5-10(11)13/h4-5,8,17H,2-3,6-7H2,1H3. The van der Waals surface area contributed by atoms with Crippen LogP contribution in [0.3, 0.4) is 0 Å². The molecular weight excluding hydrogens is 250 g/mol. The number of nitrogens with one attached hydrogen (secondary N) is 1. The summed E-state index contributed by atoms with van der Waals surface area (Å²) in [6.07, 6.45) is -2.99. The minimum Gasteiger partial charge on any atom is -0.385 e. The Morgan fingerprint density at radius 1 is 1.22 bits per heavy atom. The molecule has 0 radical (unpaired) electrons. The van der Waals surface area contributed by atoms with Crippen LogP contribution in [0.25, 0.3) is 0 Å². The summed E-state index contributed by atoms with van der Waals surface area (Å²) in [6.45, 7) is 0.980. The molecule has 1 aromatic rings. The lowest BCUT2D eigenvalue weighted by atomic mass is 10.2. The van der Waals surface area contributed by atoms with E-state index in [-0.39, 0.29) is 5.69 Å². The van der Waals surface area contributed by atoms with E-state index in [1.165, 1.54) is 0 Å². The van der Waals surface area contributed by atoms with Gasteiger partial charge in [-0.2, -0.15) is 13.2 Å². The van der Waals surface area contributed by atoms with Gasteiger partial charge in [0.15, 0.2) is 0 Å². The van der Waals surface area contributed by atoms with Gasteiger partial charge in [0.05, 0.1) is 11.3 Å². The second-order valence-corrected chi connectivity index (χ2v) is 3.82. The third kappa shape index (κ3) is 4.52. The van der Waals surface area contributed by atoms with E-state index < -0.39 is 17.6 Å². The number of hydrogen-bond acceptors (Lipinski definition) is 2. The summed E-state index contributed by atoms with van der Waals surface area (Å²) >= 11 is 0. The molecule has 1 rings (SSSR count). The topological polar surface area (TPSA) is 21.3 Å². The Hall–Kier alpha value is -1.30. The van der Waals surface area contributed by atoms with E-state index in [1.807, 2.05) is 0 Å². The Balaban J connectivity index is 2.59. The maximum atomic E-state index is 13.3. The van der Waals surface area contributed by atoms with Crippen LogP contribution < -0.4 is 5.32 Å². The summed E-state index contributed by atoms with van der Waals surface area (Å²) in [5.41, 5.74) is -0.981. The van der Waals surface area contributed by atoms with Crippen molar-refractivity contribution in [3.05, 3.63) is 29.6 Å². The van der Waals surface area contributed by atoms with Gasteiger partial charge < -0.3 is 10.1 Å². The third-order valence-corrected chi connectivity index (χ3v) is 2.38. The number of ether oxygens (including phenoxy) is 1. The molecule has 0 amide bonds. The Kier molecular flexibility index (Phi) is 5.40. The van der Waals surface area contributed by atoms with Gasteiger partial charge in [-0.1, -0.05) is 0 Å². The second kappa shape index (κ2) is 6.58. The van der Waals surface area contributed by atoms with Crippen molar-refractivity contribution < 1.29 is 22.3 Å². The summed E-state index contributed by atoms with van der Waals surface area (Å²) in [5.74, 6) is -0.685. The molecule has 6 heteroatoms. The molecule has 0 saturated carbocycles. The second-order valence-electron chi connectivity index (χ2n) is 3.82. The van der Waals surface area contributed by atoms with E-state index in [1.54, 1.807) is 7.11 Å². The highest BCUT2D eigenvalue weighted by Gasteiger charge is 2.31. The van der Waals surface area contributed by atoms with Crippen molar-refractivity contribution in [1.29, 1.82) is 0 Å². The van der Waals surface area contributed by atoms with Crippen molar-refractivity contribution in [2.75, 3.05) is 25.6 Å². The molecule has 1 aromatic carbocycles. The highest BCUT2D eigenvalue weighted by atomic mass is 19.4. The fourth-order valence-electron chi connectivity index (χ4n) is 1.43. The summed E-state index contributed by atoms with van der Waals surface area (Å²) in [5, 5.41) is 2.65. The molecule has 0 aromatic heterocycles. The van der Waals surface area contributed by atoms with Gasteiger partial charge in [0.1, 0.15) is 5.82 Å². The van der Waals surface area contributed by atoms with Crippen LogP contribution in [0.15, 0.2) is 18.2 Å². The lowest BCUT2D eigenvalue weighted by molar-refractivity contribution is -0.137. The van der Waals surface area contributed by atoms with E-state index in [9.17, 15) is 17.6 Å². The van der Waals surface area contributed by atoms with Gasteiger partial charge in [0.2, 0.25) is 0 Å². The predicted octanol–water partition coefficient (Wildman–Crippen LogP) is 3.68. The predicted molar refractivity (Wildman–Crippen MR) is 61.0 cm³/mol. The van der Waals surface area contributed by atoms with Crippen LogP contribution in [0.4, 0.5) is 23.2 Å². The van der Waals surface area contributed by atoms with Crippen molar-refractivity contribution >= 4 is 5.69 Å². The number of alkyl halides is 3. The fraction of sp³-hybridized carbons (Fsp3) is 0.500. The molecule has 1 N–H and O–H groups in total. The summed E-state index contributed by atoms with van der Waals surface area (Å²) in [4.78, 5) is 0. The lowest BCUT2D eigenvalue weighted by Crippen LogP contribution is -2.09. The number of benzene rings is 1. The smallest absolute Gasteiger partial charge is 0.385 e. The van der Waals surface area contributed by atoms with Gasteiger partial charge in [-0.15, -0.1) is 0 Å². The highest BCUT2D eigenvalue weighted by molar-refractivity contribution is 5.47. The number of anilines is 1. The molecule has 0 aliphatic carbocycles. The minimum absolute atomic E-state index is 0.123. The first-order valence-corrected chi connectivity index (χ1v) is 5.54. The molecule has 18 heavy (non-hydrogen) atoms. The van der Waals surface area contributed by atoms with Crippen LogP contribution in [-0.4, -0.2) is 20.3 Å². The van der Waals surface area contributed by atoms with E-state index in [0.717, 1.165) is 24.6 Å². The molecule has 0 unspecified atom stereocenters. The Bertz CT molecular complexity index is 379. The van der Waals surface area contributed by atoms with Crippen LogP contribution >= 0.6 is 0 Å². The maximum absolute atomic E-state index is 13.3. The molecule has 0 atom stereocenters. The van der Waals surface area contributed by atoms with Gasteiger partial charge >= 0.3 is 6.18 Å². The third-order valence-electron chi connectivity index (χ3n) is 2.38. The Morgan fingerprint density at radius 2 is 1.94 bits per heavy atom. The molecule has 102 valence electrons. The quantitative estimate of drug-likeness (QED) is 0.625. The average Bonchev–Trinajstić information content (AvgIpc) is 2.29. The van der Waals surface area contributed by atoms with E-state index >= 15 is 0 Å². The van der Waals surface area contributed by atoms with Gasteiger partial charge in [0, 0.05) is 20.3 Å². The summed E-state index contributed by atoms with van der Waals surface area (Å²) in [7, 11) is 1.57. The highest BCUT2D eigenvalue weighted by Crippen LogP contribution is 2.31. The van der Waals surface area contributed by atoms with Crippen molar-refractivity contribution in [2.45, 2.75) is 19.0 Å². The Morgan fingerprint density at radius 3 is 2.56 bits per heavy atom. The number of unbranched alkanes of at least 4 members (excludes halogenated alkanes) is 1. The van der Waals surface area contributed by atoms with Gasteiger partial charge in [0.25, 0.3) is 0 Å². The van der Waals surface area contributed by atoms with Crippen LogP contribution in [0.5, 0.6) is 0 Å². The first-order chi connectivity index (χ1) is 8.45. The molecule has 0 aliphatic heterocycles. The molecule has 0 aliphatic rings. The van der Waals surface area contributed by atoms with Gasteiger partial charge in [-0.25, -0.2) is 4.39 Å². The zero-order valence-electron chi connectivity index (χ0n) is 9.98. The van der Waals surface area contributed by atoms with E-state index in [2.05, 4.69) is 5.32 Å². The zero-order chi connectivity index (χ0) is 13.6. The fourth-order valence-corrected chi connectivity index (χ4v) is 1.43. The van der Waals surface area contributed by atoms with Crippen molar-refractivity contribution in [2.24, 2.45) is 0 Å². The first kappa shape index (κ1) is 14.8. The normalized spacial score (nSPS) is 11.6. The molecule has 0 bridgehead atoms. The van der Waals surface area contributed by atoms with Crippen LogP contribution in [0, 0.1) is 5.82 Å². The summed E-state index contributed by atoms with van der Waals surface area (Å²) in [6, 6.07) is 2.33. The number of halogens is 4. The average molecular weight is 265 g/mol. The van der Waals surface area contributed by atoms with Crippen molar-refractivity contribution in [3.8, 4) is 0 Å². The molecule has 0 saturated heterocycles. The van der Waals surface area contributed by atoms with Crippen molar-refractivity contribution in [3.63, 3.8) is 0 Å². The molecule has 0 fully saturated rings. The summed E-state index contributed by atoms with van der Waals surface area (Å²) < 4.78 is 55.4. The molecule has 0 spiro atoms. The number of methoxy groups -OCH3 is 1. The van der Waals surface area contributed by atoms with E-state index in [0.29, 0.717) is 19.6 Å². The van der Waals surface area contributed by atoms with Gasteiger partial charge in [-0.05, 0) is 31.0 Å². The molecule has 2 nitrogen and oxygen atoms in total. The number of rotatable bonds is 6.